The van der Waals surface area contributed by atoms with Gasteiger partial charge in [0.1, 0.15) is 0 Å². The highest BCUT2D eigenvalue weighted by Crippen LogP contribution is 2.28. The molecule has 0 aliphatic carbocycles. The number of benzene rings is 1. The van der Waals surface area contributed by atoms with Crippen molar-refractivity contribution in [2.45, 2.75) is 38.5 Å². The number of carbonyl (C=O) groups excluding carboxylic acids is 1. The van der Waals surface area contributed by atoms with E-state index in [9.17, 15) is 18.0 Å². The minimum atomic E-state index is -4.52. The molecule has 2 amide bonds. The van der Waals surface area contributed by atoms with Gasteiger partial charge in [0.2, 0.25) is 0 Å². The Labute approximate surface area is 178 Å². The van der Waals surface area contributed by atoms with E-state index in [1.807, 2.05) is 24.0 Å². The summed E-state index contributed by atoms with van der Waals surface area (Å²) in [7, 11) is 1.72. The molecule has 0 bridgehead atoms. The average Bonchev–Trinajstić information content (AvgIpc) is 2.73. The Morgan fingerprint density at radius 2 is 2.07 bits per heavy atom. The molecule has 1 atom stereocenters. The Morgan fingerprint density at radius 1 is 1.30 bits per heavy atom. The molecule has 1 aromatic heterocycles. The molecule has 0 radical (unpaired) electrons. The van der Waals surface area contributed by atoms with Crippen LogP contribution in [0.5, 0.6) is 0 Å². The van der Waals surface area contributed by atoms with Crippen LogP contribution in [-0.2, 0) is 12.7 Å². The van der Waals surface area contributed by atoms with Crippen molar-refractivity contribution in [3.05, 3.63) is 52.2 Å². The molecular formula is C20H23ClF3N5O. The van der Waals surface area contributed by atoms with Crippen LogP contribution in [-0.4, -0.2) is 47.3 Å². The molecule has 1 fully saturated rings. The Hall–Kier alpha value is -2.55. The molecule has 1 aliphatic heterocycles. The highest BCUT2D eigenvalue weighted by Gasteiger charge is 2.33. The van der Waals surface area contributed by atoms with Crippen molar-refractivity contribution >= 4 is 23.4 Å². The number of alkyl halides is 3. The number of piperidine rings is 1. The number of halogens is 4. The van der Waals surface area contributed by atoms with E-state index in [1.54, 1.807) is 18.0 Å². The highest BCUT2D eigenvalue weighted by atomic mass is 35.5. The molecule has 1 aromatic carbocycles. The maximum Gasteiger partial charge on any atom is 0.435 e. The maximum absolute atomic E-state index is 12.7. The molecule has 1 saturated heterocycles. The van der Waals surface area contributed by atoms with Crippen LogP contribution in [0.15, 0.2) is 30.3 Å². The topological polar surface area (TPSA) is 61.4 Å². The fourth-order valence-electron chi connectivity index (χ4n) is 3.41. The fourth-order valence-corrected chi connectivity index (χ4v) is 3.53. The monoisotopic (exact) mass is 441 g/mol. The lowest BCUT2D eigenvalue weighted by Gasteiger charge is -2.38. The van der Waals surface area contributed by atoms with E-state index >= 15 is 0 Å². The number of rotatable bonds is 4. The van der Waals surface area contributed by atoms with E-state index in [0.29, 0.717) is 30.5 Å². The number of aryl methyl sites for hydroxylation is 1. The van der Waals surface area contributed by atoms with Crippen LogP contribution in [0.25, 0.3) is 0 Å². The van der Waals surface area contributed by atoms with Gasteiger partial charge in [-0.2, -0.15) is 13.2 Å². The molecule has 3 rings (SSSR count). The van der Waals surface area contributed by atoms with Crippen molar-refractivity contribution < 1.29 is 18.0 Å². The number of likely N-dealkylation sites (N-methyl/N-ethyl adjacent to an activating group) is 1. The lowest BCUT2D eigenvalue weighted by molar-refractivity contribution is -0.141. The number of amides is 2. The van der Waals surface area contributed by atoms with E-state index < -0.39 is 11.9 Å². The van der Waals surface area contributed by atoms with Crippen LogP contribution in [0.2, 0.25) is 5.02 Å². The molecule has 0 spiro atoms. The third kappa shape index (κ3) is 5.33. The summed E-state index contributed by atoms with van der Waals surface area (Å²) >= 11 is 6.02. The number of carbonyl (C=O) groups is 1. The SMILES string of the molecule is Cc1cc(CNC(=O)N(C)[C@@H]2CCCN(c3ccc(C(F)(F)F)nn3)C2)ccc1Cl. The Morgan fingerprint density at radius 3 is 2.70 bits per heavy atom. The third-order valence-electron chi connectivity index (χ3n) is 5.20. The number of hydrogen-bond acceptors (Lipinski definition) is 4. The van der Waals surface area contributed by atoms with Crippen molar-refractivity contribution in [3.63, 3.8) is 0 Å². The van der Waals surface area contributed by atoms with Crippen molar-refractivity contribution in [2.75, 3.05) is 25.0 Å². The van der Waals surface area contributed by atoms with Gasteiger partial charge in [0, 0.05) is 31.7 Å². The van der Waals surface area contributed by atoms with Gasteiger partial charge in [-0.05, 0) is 49.1 Å². The zero-order valence-electron chi connectivity index (χ0n) is 16.7. The van der Waals surface area contributed by atoms with E-state index in [-0.39, 0.29) is 12.1 Å². The molecule has 162 valence electrons. The standard InChI is InChI=1S/C20H23ClF3N5O/c1-13-10-14(5-6-16(13)21)11-25-19(30)28(2)15-4-3-9-29(12-15)18-8-7-17(26-27-18)20(22,23)24/h5-8,10,15H,3-4,9,11-12H2,1-2H3,(H,25,30)/t15-/m1/s1. The maximum atomic E-state index is 12.7. The largest absolute Gasteiger partial charge is 0.435 e. The van der Waals surface area contributed by atoms with E-state index in [0.717, 1.165) is 30.0 Å². The number of nitrogens with one attached hydrogen (secondary N) is 1. The summed E-state index contributed by atoms with van der Waals surface area (Å²) in [5.74, 6) is 0.373. The molecule has 10 heteroatoms. The second-order valence-corrected chi connectivity index (χ2v) is 7.78. The van der Waals surface area contributed by atoms with Crippen molar-refractivity contribution in [1.29, 1.82) is 0 Å². The summed E-state index contributed by atoms with van der Waals surface area (Å²) in [5, 5.41) is 10.6. The zero-order chi connectivity index (χ0) is 21.9. The molecule has 2 aromatic rings. The first-order valence-electron chi connectivity index (χ1n) is 9.56. The predicted octanol–water partition coefficient (Wildman–Crippen LogP) is 4.27. The fraction of sp³-hybridized carbons (Fsp3) is 0.450. The molecule has 0 unspecified atom stereocenters. The van der Waals surface area contributed by atoms with Gasteiger partial charge in [-0.3, -0.25) is 0 Å². The van der Waals surface area contributed by atoms with Crippen LogP contribution in [0.4, 0.5) is 23.8 Å². The Kier molecular flexibility index (Phi) is 6.70. The molecule has 1 N–H and O–H groups in total. The minimum Gasteiger partial charge on any atom is -0.353 e. The minimum absolute atomic E-state index is 0.0882. The Balaban J connectivity index is 1.58. The van der Waals surface area contributed by atoms with Gasteiger partial charge in [0.15, 0.2) is 11.5 Å². The second kappa shape index (κ2) is 9.07. The molecule has 2 heterocycles. The van der Waals surface area contributed by atoms with Gasteiger partial charge in [0.25, 0.3) is 0 Å². The van der Waals surface area contributed by atoms with E-state index in [2.05, 4.69) is 15.5 Å². The lowest BCUT2D eigenvalue weighted by Crippen LogP contribution is -2.51. The van der Waals surface area contributed by atoms with Crippen LogP contribution in [0, 0.1) is 6.92 Å². The summed E-state index contributed by atoms with van der Waals surface area (Å²) in [6.07, 6.45) is -2.92. The second-order valence-electron chi connectivity index (χ2n) is 7.37. The van der Waals surface area contributed by atoms with Crippen LogP contribution in [0.1, 0.15) is 29.7 Å². The molecule has 1 aliphatic rings. The highest BCUT2D eigenvalue weighted by molar-refractivity contribution is 6.31. The zero-order valence-corrected chi connectivity index (χ0v) is 17.5. The molecule has 0 saturated carbocycles. The molecule has 6 nitrogen and oxygen atoms in total. The summed E-state index contributed by atoms with van der Waals surface area (Å²) in [5.41, 5.74) is 0.870. The summed E-state index contributed by atoms with van der Waals surface area (Å²) in [4.78, 5) is 16.1. The first-order chi connectivity index (χ1) is 14.1. The first-order valence-corrected chi connectivity index (χ1v) is 9.94. The van der Waals surface area contributed by atoms with E-state index in [4.69, 9.17) is 11.6 Å². The van der Waals surface area contributed by atoms with Crippen LogP contribution in [0.3, 0.4) is 0 Å². The quantitative estimate of drug-likeness (QED) is 0.769. The van der Waals surface area contributed by atoms with Gasteiger partial charge in [-0.1, -0.05) is 23.7 Å². The number of nitrogens with zero attached hydrogens (tertiary/aromatic N) is 4. The Bertz CT molecular complexity index is 891. The van der Waals surface area contributed by atoms with Crippen LogP contribution < -0.4 is 10.2 Å². The van der Waals surface area contributed by atoms with Gasteiger partial charge in [-0.25, -0.2) is 4.79 Å². The van der Waals surface area contributed by atoms with Crippen molar-refractivity contribution in [2.24, 2.45) is 0 Å². The van der Waals surface area contributed by atoms with Crippen molar-refractivity contribution in [1.82, 2.24) is 20.4 Å². The van der Waals surface area contributed by atoms with Crippen LogP contribution >= 0.6 is 11.6 Å². The molecule has 30 heavy (non-hydrogen) atoms. The number of hydrogen-bond donors (Lipinski definition) is 1. The summed E-state index contributed by atoms with van der Waals surface area (Å²) < 4.78 is 38.0. The number of urea groups is 1. The smallest absolute Gasteiger partial charge is 0.353 e. The molecular weight excluding hydrogens is 419 g/mol. The van der Waals surface area contributed by atoms with Gasteiger partial charge >= 0.3 is 12.2 Å². The van der Waals surface area contributed by atoms with Gasteiger partial charge < -0.3 is 15.1 Å². The lowest BCUT2D eigenvalue weighted by atomic mass is 10.0. The normalized spacial score (nSPS) is 17.0. The summed E-state index contributed by atoms with van der Waals surface area (Å²) in [6.45, 7) is 3.41. The van der Waals surface area contributed by atoms with Crippen molar-refractivity contribution in [3.8, 4) is 0 Å². The predicted molar refractivity (Wildman–Crippen MR) is 108 cm³/mol. The van der Waals surface area contributed by atoms with E-state index in [1.165, 1.54) is 6.07 Å². The van der Waals surface area contributed by atoms with Gasteiger partial charge in [-0.15, -0.1) is 10.2 Å². The number of aromatic nitrogens is 2. The van der Waals surface area contributed by atoms with Gasteiger partial charge in [0.05, 0.1) is 6.04 Å². The first kappa shape index (κ1) is 22.1. The average molecular weight is 442 g/mol. The third-order valence-corrected chi connectivity index (χ3v) is 5.62. The summed E-state index contributed by atoms with van der Waals surface area (Å²) in [6, 6.07) is 7.53. The number of anilines is 1.